The molecule has 0 fully saturated rings. The molecule has 1 aromatic heterocycles. The second-order valence-corrected chi connectivity index (χ2v) is 4.37. The number of hydrogen-bond acceptors (Lipinski definition) is 4. The van der Waals surface area contributed by atoms with Crippen LogP contribution in [-0.2, 0) is 0 Å². The molecule has 0 aliphatic heterocycles. The first-order chi connectivity index (χ1) is 8.67. The van der Waals surface area contributed by atoms with Crippen molar-refractivity contribution in [3.8, 4) is 0 Å². The van der Waals surface area contributed by atoms with Crippen molar-refractivity contribution in [2.24, 2.45) is 0 Å². The summed E-state index contributed by atoms with van der Waals surface area (Å²) < 4.78 is 0. The minimum absolute atomic E-state index is 0. The summed E-state index contributed by atoms with van der Waals surface area (Å²) in [5.74, 6) is 0. The van der Waals surface area contributed by atoms with E-state index in [-0.39, 0.29) is 12.4 Å². The molecule has 0 amide bonds. The van der Waals surface area contributed by atoms with E-state index in [0.717, 1.165) is 39.0 Å². The van der Waals surface area contributed by atoms with Gasteiger partial charge in [0.2, 0.25) is 0 Å². The van der Waals surface area contributed by atoms with E-state index in [1.165, 1.54) is 0 Å². The quantitative estimate of drug-likeness (QED) is 0.529. The smallest absolute Gasteiger partial charge is 0.0915 e. The molecule has 0 unspecified atom stereocenters. The van der Waals surface area contributed by atoms with Gasteiger partial charge in [0.1, 0.15) is 0 Å². The Morgan fingerprint density at radius 1 is 0.947 bits per heavy atom. The predicted molar refractivity (Wildman–Crippen MR) is 83.0 cm³/mol. The molecule has 0 radical (unpaired) electrons. The first-order valence-corrected chi connectivity index (χ1v) is 5.83. The number of nitrogens with one attached hydrogen (secondary N) is 1. The van der Waals surface area contributed by atoms with Crippen molar-refractivity contribution in [1.82, 2.24) is 9.97 Å². The number of anilines is 2. The molecule has 3 rings (SSSR count). The van der Waals surface area contributed by atoms with Gasteiger partial charge in [-0.15, -0.1) is 12.4 Å². The van der Waals surface area contributed by atoms with Gasteiger partial charge in [-0.1, -0.05) is 0 Å². The van der Waals surface area contributed by atoms with Crippen molar-refractivity contribution in [2.45, 2.75) is 6.92 Å². The zero-order chi connectivity index (χ0) is 12.7. The summed E-state index contributed by atoms with van der Waals surface area (Å²) in [7, 11) is 1.89. The van der Waals surface area contributed by atoms with Crippen molar-refractivity contribution in [1.29, 1.82) is 0 Å². The molecule has 2 aromatic carbocycles. The van der Waals surface area contributed by atoms with E-state index in [1.54, 1.807) is 0 Å². The van der Waals surface area contributed by atoms with Crippen LogP contribution in [0.5, 0.6) is 0 Å². The summed E-state index contributed by atoms with van der Waals surface area (Å²) >= 11 is 0. The average Bonchev–Trinajstić information content (AvgIpc) is 2.37. The van der Waals surface area contributed by atoms with E-state index in [1.807, 2.05) is 44.3 Å². The van der Waals surface area contributed by atoms with Gasteiger partial charge in [0.05, 0.1) is 22.1 Å². The SMILES string of the molecule is CNc1ccc2nc3cc(C)c(N)cc3nc2c1.Cl. The third-order valence-electron chi connectivity index (χ3n) is 3.11. The Hall–Kier alpha value is -2.07. The van der Waals surface area contributed by atoms with Crippen LogP contribution in [0.1, 0.15) is 5.56 Å². The maximum atomic E-state index is 5.91. The summed E-state index contributed by atoms with van der Waals surface area (Å²) in [5, 5.41) is 3.10. The first kappa shape index (κ1) is 13.4. The van der Waals surface area contributed by atoms with Crippen molar-refractivity contribution in [2.75, 3.05) is 18.1 Å². The second-order valence-electron chi connectivity index (χ2n) is 4.37. The summed E-state index contributed by atoms with van der Waals surface area (Å²) in [4.78, 5) is 9.21. The number of aromatic nitrogens is 2. The Bertz CT molecular complexity index is 755. The van der Waals surface area contributed by atoms with Gasteiger partial charge in [-0.25, -0.2) is 9.97 Å². The number of nitrogens with two attached hydrogens (primary N) is 1. The van der Waals surface area contributed by atoms with Gasteiger partial charge in [0.15, 0.2) is 0 Å². The van der Waals surface area contributed by atoms with Gasteiger partial charge in [-0.05, 0) is 42.8 Å². The van der Waals surface area contributed by atoms with E-state index in [4.69, 9.17) is 5.73 Å². The van der Waals surface area contributed by atoms with E-state index in [2.05, 4.69) is 15.3 Å². The van der Waals surface area contributed by atoms with E-state index in [9.17, 15) is 0 Å². The Morgan fingerprint density at radius 3 is 2.32 bits per heavy atom. The largest absolute Gasteiger partial charge is 0.398 e. The van der Waals surface area contributed by atoms with Crippen LogP contribution in [-0.4, -0.2) is 17.0 Å². The third-order valence-corrected chi connectivity index (χ3v) is 3.11. The number of nitrogens with zero attached hydrogens (tertiary/aromatic N) is 2. The molecule has 98 valence electrons. The van der Waals surface area contributed by atoms with Crippen LogP contribution in [0.25, 0.3) is 22.1 Å². The lowest BCUT2D eigenvalue weighted by molar-refractivity contribution is 1.37. The topological polar surface area (TPSA) is 63.8 Å². The zero-order valence-electron chi connectivity index (χ0n) is 10.8. The second kappa shape index (κ2) is 4.90. The van der Waals surface area contributed by atoms with Crippen molar-refractivity contribution in [3.05, 3.63) is 35.9 Å². The van der Waals surface area contributed by atoms with Gasteiger partial charge >= 0.3 is 0 Å². The summed E-state index contributed by atoms with van der Waals surface area (Å²) in [6, 6.07) is 9.80. The highest BCUT2D eigenvalue weighted by Crippen LogP contribution is 2.22. The average molecular weight is 275 g/mol. The number of benzene rings is 2. The Kier molecular flexibility index (Phi) is 3.44. The standard InChI is InChI=1S/C14H14N4.ClH/c1-8-5-12-14(7-10(8)15)18-13-6-9(16-2)3-4-11(13)17-12;/h3-7,16H,15H2,1-2H3;1H. The predicted octanol–water partition coefficient (Wildman–Crippen LogP) is 3.14. The minimum Gasteiger partial charge on any atom is -0.398 e. The highest BCUT2D eigenvalue weighted by Gasteiger charge is 2.04. The molecule has 19 heavy (non-hydrogen) atoms. The number of hydrogen-bond donors (Lipinski definition) is 2. The minimum atomic E-state index is 0. The molecule has 3 N–H and O–H groups in total. The molecule has 0 aliphatic carbocycles. The van der Waals surface area contributed by atoms with Crippen molar-refractivity contribution < 1.29 is 0 Å². The monoisotopic (exact) mass is 274 g/mol. The third kappa shape index (κ3) is 2.27. The lowest BCUT2D eigenvalue weighted by Gasteiger charge is -2.06. The normalized spacial score (nSPS) is 10.4. The van der Waals surface area contributed by atoms with Crippen LogP contribution < -0.4 is 11.1 Å². The van der Waals surface area contributed by atoms with Crippen molar-refractivity contribution >= 4 is 45.8 Å². The molecule has 0 aliphatic rings. The number of fused-ring (bicyclic) bond motifs is 2. The molecule has 0 spiro atoms. The van der Waals surface area contributed by atoms with Gasteiger partial charge in [-0.3, -0.25) is 0 Å². The lowest BCUT2D eigenvalue weighted by atomic mass is 10.1. The Morgan fingerprint density at radius 2 is 1.58 bits per heavy atom. The van der Waals surface area contributed by atoms with E-state index in [0.29, 0.717) is 0 Å². The maximum Gasteiger partial charge on any atom is 0.0915 e. The highest BCUT2D eigenvalue weighted by molar-refractivity contribution is 5.89. The van der Waals surface area contributed by atoms with Crippen LogP contribution in [0.4, 0.5) is 11.4 Å². The number of rotatable bonds is 1. The number of halogens is 1. The summed E-state index contributed by atoms with van der Waals surface area (Å²) in [5.41, 5.74) is 12.2. The van der Waals surface area contributed by atoms with Gasteiger partial charge < -0.3 is 11.1 Å². The van der Waals surface area contributed by atoms with Crippen LogP contribution in [0.2, 0.25) is 0 Å². The maximum absolute atomic E-state index is 5.91. The van der Waals surface area contributed by atoms with Gasteiger partial charge in [0.25, 0.3) is 0 Å². The van der Waals surface area contributed by atoms with Crippen molar-refractivity contribution in [3.63, 3.8) is 0 Å². The molecule has 4 nitrogen and oxygen atoms in total. The molecule has 3 aromatic rings. The lowest BCUT2D eigenvalue weighted by Crippen LogP contribution is -1.94. The molecule has 0 atom stereocenters. The molecular formula is C14H15ClN4. The Labute approximate surface area is 117 Å². The first-order valence-electron chi connectivity index (χ1n) is 5.83. The zero-order valence-corrected chi connectivity index (χ0v) is 11.6. The molecule has 0 bridgehead atoms. The van der Waals surface area contributed by atoms with Gasteiger partial charge in [0, 0.05) is 18.4 Å². The Balaban J connectivity index is 0.00000133. The fourth-order valence-corrected chi connectivity index (χ4v) is 2.00. The molecule has 5 heteroatoms. The van der Waals surface area contributed by atoms with Crippen LogP contribution >= 0.6 is 12.4 Å². The summed E-state index contributed by atoms with van der Waals surface area (Å²) in [6.45, 7) is 1.98. The van der Waals surface area contributed by atoms with Crippen LogP contribution in [0, 0.1) is 6.92 Å². The molecule has 0 saturated heterocycles. The van der Waals surface area contributed by atoms with Crippen LogP contribution in [0.15, 0.2) is 30.3 Å². The highest BCUT2D eigenvalue weighted by atomic mass is 35.5. The molecule has 1 heterocycles. The fraction of sp³-hybridized carbons (Fsp3) is 0.143. The molecule has 0 saturated carbocycles. The van der Waals surface area contributed by atoms with E-state index < -0.39 is 0 Å². The summed E-state index contributed by atoms with van der Waals surface area (Å²) in [6.07, 6.45) is 0. The number of nitrogen functional groups attached to an aromatic ring is 1. The van der Waals surface area contributed by atoms with E-state index >= 15 is 0 Å². The van der Waals surface area contributed by atoms with Gasteiger partial charge in [-0.2, -0.15) is 0 Å². The number of aryl methyl sites for hydroxylation is 1. The van der Waals surface area contributed by atoms with Crippen LogP contribution in [0.3, 0.4) is 0 Å². The fourth-order valence-electron chi connectivity index (χ4n) is 2.00. The molecular weight excluding hydrogens is 260 g/mol.